The second kappa shape index (κ2) is 7.32. The van der Waals surface area contributed by atoms with Gasteiger partial charge in [-0.3, -0.25) is 4.79 Å². The van der Waals surface area contributed by atoms with Gasteiger partial charge in [0.15, 0.2) is 0 Å². The third-order valence-corrected chi connectivity index (χ3v) is 3.41. The lowest BCUT2D eigenvalue weighted by Gasteiger charge is -2.25. The first-order valence-electron chi connectivity index (χ1n) is 6.64. The Morgan fingerprint density at radius 2 is 1.76 bits per heavy atom. The highest BCUT2D eigenvalue weighted by molar-refractivity contribution is 5.85. The molecule has 0 bridgehead atoms. The van der Waals surface area contributed by atoms with E-state index in [0.717, 1.165) is 12.8 Å². The zero-order valence-corrected chi connectivity index (χ0v) is 11.8. The summed E-state index contributed by atoms with van der Waals surface area (Å²) >= 11 is 0. The van der Waals surface area contributed by atoms with Crippen molar-refractivity contribution in [3.05, 3.63) is 0 Å². The topological polar surface area (TPSA) is 52.9 Å². The van der Waals surface area contributed by atoms with E-state index in [1.165, 1.54) is 0 Å². The van der Waals surface area contributed by atoms with Crippen LogP contribution < -0.4 is 5.32 Å². The van der Waals surface area contributed by atoms with Crippen LogP contribution in [0.4, 0.5) is 0 Å². The zero-order valence-electron chi connectivity index (χ0n) is 11.8. The summed E-state index contributed by atoms with van der Waals surface area (Å²) in [6.45, 7) is 10.1. The number of hydrogen-bond donors (Lipinski definition) is 1. The summed E-state index contributed by atoms with van der Waals surface area (Å²) < 4.78 is 0. The molecule has 3 heteroatoms. The highest BCUT2D eigenvalue weighted by Gasteiger charge is 2.35. The predicted molar refractivity (Wildman–Crippen MR) is 70.3 cm³/mol. The molecular weight excluding hydrogens is 212 g/mol. The van der Waals surface area contributed by atoms with E-state index in [4.69, 9.17) is 5.26 Å². The fourth-order valence-electron chi connectivity index (χ4n) is 1.80. The summed E-state index contributed by atoms with van der Waals surface area (Å²) in [7, 11) is 0. The van der Waals surface area contributed by atoms with Crippen molar-refractivity contribution in [3.8, 4) is 6.07 Å². The summed E-state index contributed by atoms with van der Waals surface area (Å²) in [6, 6.07) is 2.32. The third kappa shape index (κ3) is 4.77. The SMILES string of the molecule is CCC(C#N)(CC)C(=O)NC(C)CCC(C)C. The first-order chi connectivity index (χ1) is 7.91. The Labute approximate surface area is 106 Å². The second-order valence-electron chi connectivity index (χ2n) is 5.25. The molecule has 1 atom stereocenters. The fourth-order valence-corrected chi connectivity index (χ4v) is 1.80. The smallest absolute Gasteiger partial charge is 0.240 e. The van der Waals surface area contributed by atoms with Crippen molar-refractivity contribution in [1.29, 1.82) is 5.26 Å². The molecular formula is C14H26N2O. The zero-order chi connectivity index (χ0) is 13.5. The van der Waals surface area contributed by atoms with Crippen LogP contribution >= 0.6 is 0 Å². The Balaban J connectivity index is 4.37. The van der Waals surface area contributed by atoms with E-state index in [2.05, 4.69) is 25.2 Å². The van der Waals surface area contributed by atoms with Crippen LogP contribution in [0.3, 0.4) is 0 Å². The largest absolute Gasteiger partial charge is 0.352 e. The van der Waals surface area contributed by atoms with Crippen LogP contribution in [0, 0.1) is 22.7 Å². The average Bonchev–Trinajstić information content (AvgIpc) is 2.29. The van der Waals surface area contributed by atoms with Gasteiger partial charge in [-0.1, -0.05) is 27.7 Å². The van der Waals surface area contributed by atoms with Gasteiger partial charge in [0.1, 0.15) is 5.41 Å². The van der Waals surface area contributed by atoms with E-state index in [1.54, 1.807) is 0 Å². The van der Waals surface area contributed by atoms with E-state index >= 15 is 0 Å². The number of hydrogen-bond acceptors (Lipinski definition) is 2. The Morgan fingerprint density at radius 3 is 2.12 bits per heavy atom. The maximum atomic E-state index is 12.1. The molecule has 0 aromatic rings. The molecule has 0 rings (SSSR count). The fraction of sp³-hybridized carbons (Fsp3) is 0.857. The molecule has 1 unspecified atom stereocenters. The van der Waals surface area contributed by atoms with Crippen LogP contribution in [0.15, 0.2) is 0 Å². The van der Waals surface area contributed by atoms with Gasteiger partial charge < -0.3 is 5.32 Å². The highest BCUT2D eigenvalue weighted by Crippen LogP contribution is 2.25. The predicted octanol–water partition coefficient (Wildman–Crippen LogP) is 3.26. The van der Waals surface area contributed by atoms with E-state index in [1.807, 2.05) is 20.8 Å². The lowest BCUT2D eigenvalue weighted by molar-refractivity contribution is -0.129. The van der Waals surface area contributed by atoms with Crippen molar-refractivity contribution in [2.75, 3.05) is 0 Å². The number of carbonyl (C=O) groups excluding carboxylic acids is 1. The van der Waals surface area contributed by atoms with Gasteiger partial charge in [0.2, 0.25) is 5.91 Å². The van der Waals surface area contributed by atoms with Gasteiger partial charge in [-0.05, 0) is 38.5 Å². The molecule has 0 saturated heterocycles. The van der Waals surface area contributed by atoms with Crippen molar-refractivity contribution in [2.45, 2.75) is 66.3 Å². The average molecular weight is 238 g/mol. The lowest BCUT2D eigenvalue weighted by atomic mass is 9.83. The molecule has 0 aliphatic heterocycles. The molecule has 0 spiro atoms. The van der Waals surface area contributed by atoms with Crippen LogP contribution in [0.25, 0.3) is 0 Å². The molecule has 0 aliphatic carbocycles. The molecule has 3 nitrogen and oxygen atoms in total. The molecule has 1 amide bonds. The van der Waals surface area contributed by atoms with Gasteiger partial charge in [-0.25, -0.2) is 0 Å². The molecule has 1 N–H and O–H groups in total. The van der Waals surface area contributed by atoms with Gasteiger partial charge in [0.25, 0.3) is 0 Å². The Bertz CT molecular complexity index is 274. The van der Waals surface area contributed by atoms with Crippen LogP contribution in [-0.2, 0) is 4.79 Å². The third-order valence-electron chi connectivity index (χ3n) is 3.41. The van der Waals surface area contributed by atoms with E-state index < -0.39 is 5.41 Å². The van der Waals surface area contributed by atoms with Crippen LogP contribution in [0.5, 0.6) is 0 Å². The maximum Gasteiger partial charge on any atom is 0.240 e. The summed E-state index contributed by atoms with van der Waals surface area (Å²) in [4.78, 5) is 12.1. The molecule has 0 aromatic heterocycles. The Morgan fingerprint density at radius 1 is 1.24 bits per heavy atom. The van der Waals surface area contributed by atoms with Crippen molar-refractivity contribution >= 4 is 5.91 Å². The lowest BCUT2D eigenvalue weighted by Crippen LogP contribution is -2.43. The van der Waals surface area contributed by atoms with Crippen LogP contribution in [-0.4, -0.2) is 11.9 Å². The number of nitrogens with one attached hydrogen (secondary N) is 1. The quantitative estimate of drug-likeness (QED) is 0.740. The van der Waals surface area contributed by atoms with Crippen LogP contribution in [0.2, 0.25) is 0 Å². The Kier molecular flexibility index (Phi) is 6.87. The van der Waals surface area contributed by atoms with Gasteiger partial charge in [-0.2, -0.15) is 5.26 Å². The molecule has 0 saturated carbocycles. The molecule has 17 heavy (non-hydrogen) atoms. The van der Waals surface area contributed by atoms with Gasteiger partial charge >= 0.3 is 0 Å². The normalized spacial score (nSPS) is 13.2. The van der Waals surface area contributed by atoms with Crippen molar-refractivity contribution in [2.24, 2.45) is 11.3 Å². The number of amides is 1. The first-order valence-corrected chi connectivity index (χ1v) is 6.64. The monoisotopic (exact) mass is 238 g/mol. The molecule has 0 aliphatic rings. The maximum absolute atomic E-state index is 12.1. The molecule has 0 aromatic carbocycles. The molecule has 0 heterocycles. The second-order valence-corrected chi connectivity index (χ2v) is 5.25. The summed E-state index contributed by atoms with van der Waals surface area (Å²) in [5.74, 6) is 0.536. The van der Waals surface area contributed by atoms with Gasteiger partial charge in [0, 0.05) is 6.04 Å². The molecule has 0 fully saturated rings. The van der Waals surface area contributed by atoms with Crippen molar-refractivity contribution in [3.63, 3.8) is 0 Å². The van der Waals surface area contributed by atoms with Crippen molar-refractivity contribution < 1.29 is 4.79 Å². The number of nitriles is 1. The minimum atomic E-state index is -0.841. The first kappa shape index (κ1) is 16.0. The van der Waals surface area contributed by atoms with E-state index in [0.29, 0.717) is 18.8 Å². The minimum absolute atomic E-state index is 0.110. The van der Waals surface area contributed by atoms with E-state index in [-0.39, 0.29) is 11.9 Å². The molecule has 0 radical (unpaired) electrons. The summed E-state index contributed by atoms with van der Waals surface area (Å²) in [6.07, 6.45) is 3.21. The number of carbonyl (C=O) groups is 1. The number of rotatable bonds is 7. The minimum Gasteiger partial charge on any atom is -0.352 e. The van der Waals surface area contributed by atoms with E-state index in [9.17, 15) is 4.79 Å². The van der Waals surface area contributed by atoms with Gasteiger partial charge in [-0.15, -0.1) is 0 Å². The summed E-state index contributed by atoms with van der Waals surface area (Å²) in [5.41, 5.74) is -0.841. The summed E-state index contributed by atoms with van der Waals surface area (Å²) in [5, 5.41) is 12.1. The Hall–Kier alpha value is -1.04. The highest BCUT2D eigenvalue weighted by atomic mass is 16.2. The number of nitrogens with zero attached hydrogens (tertiary/aromatic N) is 1. The van der Waals surface area contributed by atoms with Crippen LogP contribution in [0.1, 0.15) is 60.3 Å². The van der Waals surface area contributed by atoms with Crippen molar-refractivity contribution in [1.82, 2.24) is 5.32 Å². The van der Waals surface area contributed by atoms with Gasteiger partial charge in [0.05, 0.1) is 6.07 Å². The standard InChI is InChI=1S/C14H26N2O/c1-6-14(7-2,10-15)13(17)16-12(5)9-8-11(3)4/h11-12H,6-9H2,1-5H3,(H,16,17). The molecule has 98 valence electrons.